The van der Waals surface area contributed by atoms with E-state index in [0.29, 0.717) is 25.3 Å². The molecule has 2 aromatic carbocycles. The van der Waals surface area contributed by atoms with Crippen molar-refractivity contribution < 1.29 is 4.79 Å². The summed E-state index contributed by atoms with van der Waals surface area (Å²) in [7, 11) is 0. The van der Waals surface area contributed by atoms with Gasteiger partial charge in [-0.3, -0.25) is 9.59 Å². The van der Waals surface area contributed by atoms with E-state index in [0.717, 1.165) is 31.6 Å². The molecule has 0 bridgehead atoms. The fourth-order valence-electron chi connectivity index (χ4n) is 3.63. The molecule has 6 heteroatoms. The van der Waals surface area contributed by atoms with E-state index < -0.39 is 0 Å². The van der Waals surface area contributed by atoms with Crippen molar-refractivity contribution in [3.05, 3.63) is 70.1 Å². The minimum Gasteiger partial charge on any atom is -0.326 e. The molecule has 5 nitrogen and oxygen atoms in total. The van der Waals surface area contributed by atoms with E-state index >= 15 is 0 Å². The van der Waals surface area contributed by atoms with Gasteiger partial charge in [-0.05, 0) is 43.0 Å². The number of aryl methyl sites for hydroxylation is 2. The Balaban J connectivity index is 1.45. The van der Waals surface area contributed by atoms with E-state index in [2.05, 4.69) is 24.3 Å². The maximum absolute atomic E-state index is 13.0. The number of benzene rings is 2. The molecule has 0 saturated heterocycles. The van der Waals surface area contributed by atoms with Gasteiger partial charge in [0, 0.05) is 28.7 Å². The first kappa shape index (κ1) is 20.3. The number of amides is 1. The lowest BCUT2D eigenvalue weighted by Gasteiger charge is -2.09. The molecule has 0 aliphatic rings. The van der Waals surface area contributed by atoms with Crippen molar-refractivity contribution in [1.29, 1.82) is 0 Å². The van der Waals surface area contributed by atoms with Gasteiger partial charge >= 0.3 is 0 Å². The largest absolute Gasteiger partial charge is 0.326 e. The molecule has 2 heterocycles. The zero-order chi connectivity index (χ0) is 21.3. The summed E-state index contributed by atoms with van der Waals surface area (Å²) < 4.78 is 3.54. The number of hydrogen-bond donors (Lipinski definition) is 1. The Morgan fingerprint density at radius 3 is 2.60 bits per heavy atom. The number of anilines is 1. The topological polar surface area (TPSA) is 64.0 Å². The van der Waals surface area contributed by atoms with Crippen LogP contribution in [0.5, 0.6) is 0 Å². The van der Waals surface area contributed by atoms with Crippen LogP contribution >= 0.6 is 11.3 Å². The van der Waals surface area contributed by atoms with Crippen LogP contribution in [0.15, 0.2) is 53.3 Å². The summed E-state index contributed by atoms with van der Waals surface area (Å²) in [6.45, 7) is 6.63. The van der Waals surface area contributed by atoms with Crippen LogP contribution in [-0.2, 0) is 11.3 Å². The van der Waals surface area contributed by atoms with E-state index in [1.807, 2.05) is 55.5 Å². The molecule has 0 aliphatic carbocycles. The number of nitrogens with zero attached hydrogens (tertiary/aromatic N) is 2. The van der Waals surface area contributed by atoms with Gasteiger partial charge in [0.2, 0.25) is 5.91 Å². The first-order valence-corrected chi connectivity index (χ1v) is 11.0. The van der Waals surface area contributed by atoms with Gasteiger partial charge in [-0.1, -0.05) is 44.2 Å². The maximum Gasteiger partial charge on any atom is 0.276 e. The summed E-state index contributed by atoms with van der Waals surface area (Å²) in [5, 5.41) is 9.12. The third kappa shape index (κ3) is 4.00. The fraction of sp³-hybridized carbons (Fsp3) is 0.292. The lowest BCUT2D eigenvalue weighted by atomic mass is 10.0. The van der Waals surface area contributed by atoms with Crippen molar-refractivity contribution in [3.63, 3.8) is 0 Å². The highest BCUT2D eigenvalue weighted by atomic mass is 32.1. The molecule has 0 saturated carbocycles. The summed E-state index contributed by atoms with van der Waals surface area (Å²) in [6.07, 6.45) is 0.886. The van der Waals surface area contributed by atoms with Crippen LogP contribution < -0.4 is 10.9 Å². The Bertz CT molecular complexity index is 1270. The van der Waals surface area contributed by atoms with Gasteiger partial charge in [0.15, 0.2) is 0 Å². The molecule has 4 rings (SSSR count). The summed E-state index contributed by atoms with van der Waals surface area (Å²) >= 11 is 1.60. The van der Waals surface area contributed by atoms with E-state index in [9.17, 15) is 9.59 Å². The van der Waals surface area contributed by atoms with Crippen molar-refractivity contribution >= 4 is 43.1 Å². The Labute approximate surface area is 179 Å². The Morgan fingerprint density at radius 2 is 1.87 bits per heavy atom. The zero-order valence-electron chi connectivity index (χ0n) is 17.4. The first-order chi connectivity index (χ1) is 14.4. The summed E-state index contributed by atoms with van der Waals surface area (Å²) in [6, 6.07) is 15.9. The predicted molar refractivity (Wildman–Crippen MR) is 125 cm³/mol. The molecule has 0 spiro atoms. The normalized spacial score (nSPS) is 11.5. The SMILES string of the molecule is Cc1nn(CCCC(=O)Nc2ccc(C(C)C)cc2)c(=O)c2c1sc1ccccc12. The van der Waals surface area contributed by atoms with Gasteiger partial charge < -0.3 is 5.32 Å². The lowest BCUT2D eigenvalue weighted by Crippen LogP contribution is -2.24. The maximum atomic E-state index is 13.0. The molecule has 0 atom stereocenters. The number of hydrogen-bond acceptors (Lipinski definition) is 4. The van der Waals surface area contributed by atoms with Crippen LogP contribution in [0.1, 0.15) is 43.9 Å². The van der Waals surface area contributed by atoms with Gasteiger partial charge in [-0.2, -0.15) is 5.10 Å². The Hall–Kier alpha value is -2.99. The van der Waals surface area contributed by atoms with Crippen molar-refractivity contribution in [2.45, 2.75) is 46.1 Å². The number of nitrogens with one attached hydrogen (secondary N) is 1. The highest BCUT2D eigenvalue weighted by Crippen LogP contribution is 2.32. The lowest BCUT2D eigenvalue weighted by molar-refractivity contribution is -0.116. The van der Waals surface area contributed by atoms with Crippen LogP contribution in [0.4, 0.5) is 5.69 Å². The van der Waals surface area contributed by atoms with Crippen molar-refractivity contribution in [3.8, 4) is 0 Å². The quantitative estimate of drug-likeness (QED) is 0.451. The molecule has 154 valence electrons. The van der Waals surface area contributed by atoms with Gasteiger partial charge in [0.25, 0.3) is 5.56 Å². The fourth-order valence-corrected chi connectivity index (χ4v) is 4.76. The van der Waals surface area contributed by atoms with Crippen LogP contribution in [0, 0.1) is 6.92 Å². The number of carbonyl (C=O) groups is 1. The molecule has 0 radical (unpaired) electrons. The number of rotatable bonds is 6. The molecule has 1 N–H and O–H groups in total. The van der Waals surface area contributed by atoms with Gasteiger partial charge in [0.05, 0.1) is 15.8 Å². The smallest absolute Gasteiger partial charge is 0.276 e. The third-order valence-electron chi connectivity index (χ3n) is 5.28. The van der Waals surface area contributed by atoms with Crippen LogP contribution in [-0.4, -0.2) is 15.7 Å². The van der Waals surface area contributed by atoms with Gasteiger partial charge in [0.1, 0.15) is 0 Å². The predicted octanol–water partition coefficient (Wildman–Crippen LogP) is 5.46. The molecule has 1 amide bonds. The van der Waals surface area contributed by atoms with Crippen LogP contribution in [0.2, 0.25) is 0 Å². The average molecular weight is 420 g/mol. The average Bonchev–Trinajstić information content (AvgIpc) is 3.12. The van der Waals surface area contributed by atoms with Crippen LogP contribution in [0.3, 0.4) is 0 Å². The minimum absolute atomic E-state index is 0.0564. The molecule has 30 heavy (non-hydrogen) atoms. The summed E-state index contributed by atoms with van der Waals surface area (Å²) in [5.41, 5.74) is 2.80. The molecular weight excluding hydrogens is 394 g/mol. The number of thiophene rings is 1. The minimum atomic E-state index is -0.0854. The molecule has 2 aromatic heterocycles. The molecule has 0 unspecified atom stereocenters. The summed E-state index contributed by atoms with van der Waals surface area (Å²) in [5.74, 6) is 0.404. The van der Waals surface area contributed by atoms with Gasteiger partial charge in [-0.15, -0.1) is 11.3 Å². The zero-order valence-corrected chi connectivity index (χ0v) is 18.3. The van der Waals surface area contributed by atoms with E-state index in [-0.39, 0.29) is 11.5 Å². The Morgan fingerprint density at radius 1 is 1.13 bits per heavy atom. The second-order valence-electron chi connectivity index (χ2n) is 7.84. The van der Waals surface area contributed by atoms with Crippen molar-refractivity contribution in [2.75, 3.05) is 5.32 Å². The first-order valence-electron chi connectivity index (χ1n) is 10.2. The van der Waals surface area contributed by atoms with E-state index in [1.54, 1.807) is 11.3 Å². The van der Waals surface area contributed by atoms with Crippen molar-refractivity contribution in [2.24, 2.45) is 0 Å². The highest BCUT2D eigenvalue weighted by Gasteiger charge is 2.14. The molecule has 0 aliphatic heterocycles. The second kappa shape index (κ2) is 8.40. The third-order valence-corrected chi connectivity index (χ3v) is 6.56. The second-order valence-corrected chi connectivity index (χ2v) is 8.90. The molecule has 4 aromatic rings. The standard InChI is InChI=1S/C24H25N3O2S/c1-15(2)17-10-12-18(13-11-17)25-21(28)9-6-14-27-24(29)22-19-7-4-5-8-20(19)30-23(22)16(3)26-27/h4-5,7-8,10-13,15H,6,9,14H2,1-3H3,(H,25,28). The van der Waals surface area contributed by atoms with Gasteiger partial charge in [-0.25, -0.2) is 4.68 Å². The van der Waals surface area contributed by atoms with Crippen molar-refractivity contribution in [1.82, 2.24) is 9.78 Å². The monoisotopic (exact) mass is 419 g/mol. The summed E-state index contributed by atoms with van der Waals surface area (Å²) in [4.78, 5) is 25.3. The van der Waals surface area contributed by atoms with Crippen LogP contribution in [0.25, 0.3) is 20.2 Å². The number of fused-ring (bicyclic) bond motifs is 3. The molecular formula is C24H25N3O2S. The Kier molecular flexibility index (Phi) is 5.68. The highest BCUT2D eigenvalue weighted by molar-refractivity contribution is 7.26. The van der Waals surface area contributed by atoms with E-state index in [1.165, 1.54) is 10.2 Å². The molecule has 0 fully saturated rings. The number of aromatic nitrogens is 2. The number of carbonyl (C=O) groups excluding carboxylic acids is 1. The van der Waals surface area contributed by atoms with E-state index in [4.69, 9.17) is 0 Å².